The number of aromatic nitrogens is 1. The van der Waals surface area contributed by atoms with Crippen molar-refractivity contribution >= 4 is 0 Å². The highest BCUT2D eigenvalue weighted by molar-refractivity contribution is 5.17. The lowest BCUT2D eigenvalue weighted by molar-refractivity contribution is 0.0530. The molecule has 0 bridgehead atoms. The Morgan fingerprint density at radius 2 is 2.28 bits per heavy atom. The second-order valence-corrected chi connectivity index (χ2v) is 5.84. The lowest BCUT2D eigenvalue weighted by Crippen LogP contribution is -2.54. The Balaban J connectivity index is 1.71. The first-order valence-electron chi connectivity index (χ1n) is 7.12. The highest BCUT2D eigenvalue weighted by atomic mass is 15.3. The summed E-state index contributed by atoms with van der Waals surface area (Å²) in [4.78, 5) is 9.82. The number of hydrogen-bond acceptors (Lipinski definition) is 3. The van der Waals surface area contributed by atoms with E-state index in [2.05, 4.69) is 34.7 Å². The third kappa shape index (κ3) is 2.29. The van der Waals surface area contributed by atoms with Gasteiger partial charge in [0.1, 0.15) is 0 Å². The maximum Gasteiger partial charge on any atom is 0.0573 e. The minimum Gasteiger partial charge on any atom is -0.298 e. The van der Waals surface area contributed by atoms with E-state index in [1.165, 1.54) is 43.7 Å². The number of aryl methyl sites for hydroxylation is 1. The summed E-state index contributed by atoms with van der Waals surface area (Å²) in [5.41, 5.74) is 2.56. The van der Waals surface area contributed by atoms with Crippen LogP contribution in [0.25, 0.3) is 0 Å². The van der Waals surface area contributed by atoms with Crippen molar-refractivity contribution in [2.45, 2.75) is 45.3 Å². The zero-order valence-electron chi connectivity index (χ0n) is 11.5. The van der Waals surface area contributed by atoms with Crippen LogP contribution in [0.3, 0.4) is 0 Å². The van der Waals surface area contributed by atoms with Crippen molar-refractivity contribution in [3.05, 3.63) is 29.6 Å². The van der Waals surface area contributed by atoms with Crippen LogP contribution in [0.15, 0.2) is 18.3 Å². The van der Waals surface area contributed by atoms with E-state index in [1.54, 1.807) is 0 Å². The van der Waals surface area contributed by atoms with Gasteiger partial charge in [0.2, 0.25) is 0 Å². The topological polar surface area (TPSA) is 19.4 Å². The fourth-order valence-electron chi connectivity index (χ4n) is 3.34. The summed E-state index contributed by atoms with van der Waals surface area (Å²) < 4.78 is 0. The smallest absolute Gasteiger partial charge is 0.0573 e. The Bertz CT molecular complexity index is 418. The van der Waals surface area contributed by atoms with Crippen LogP contribution in [-0.2, 0) is 6.54 Å². The van der Waals surface area contributed by atoms with Crippen LogP contribution < -0.4 is 0 Å². The summed E-state index contributed by atoms with van der Waals surface area (Å²) in [5.74, 6) is 0. The van der Waals surface area contributed by atoms with E-state index in [-0.39, 0.29) is 0 Å². The first-order valence-corrected chi connectivity index (χ1v) is 7.12. The van der Waals surface area contributed by atoms with E-state index in [9.17, 15) is 0 Å². The van der Waals surface area contributed by atoms with Crippen molar-refractivity contribution in [1.82, 2.24) is 14.8 Å². The fraction of sp³-hybridized carbons (Fsp3) is 0.667. The predicted octanol–water partition coefficient (Wildman–Crippen LogP) is 2.06. The third-order valence-corrected chi connectivity index (χ3v) is 4.54. The molecule has 3 nitrogen and oxygen atoms in total. The number of fused-ring (bicyclic) bond motifs is 1. The first-order chi connectivity index (χ1) is 8.74. The molecule has 0 saturated carbocycles. The molecule has 2 aliphatic heterocycles. The number of pyridine rings is 1. The van der Waals surface area contributed by atoms with E-state index < -0.39 is 0 Å². The van der Waals surface area contributed by atoms with Gasteiger partial charge in [-0.3, -0.25) is 14.8 Å². The quantitative estimate of drug-likeness (QED) is 0.795. The van der Waals surface area contributed by atoms with Crippen molar-refractivity contribution in [3.8, 4) is 0 Å². The van der Waals surface area contributed by atoms with Gasteiger partial charge in [-0.2, -0.15) is 0 Å². The molecule has 0 radical (unpaired) electrons. The molecule has 1 aromatic heterocycles. The molecule has 3 heteroatoms. The minimum absolute atomic E-state index is 0.653. The molecule has 2 aliphatic rings. The van der Waals surface area contributed by atoms with Crippen LogP contribution in [0, 0.1) is 6.92 Å². The van der Waals surface area contributed by atoms with Crippen LogP contribution in [0.1, 0.15) is 31.0 Å². The molecular weight excluding hydrogens is 222 g/mol. The lowest BCUT2D eigenvalue weighted by atomic mass is 10.1. The van der Waals surface area contributed by atoms with Crippen LogP contribution in [0.5, 0.6) is 0 Å². The number of nitrogens with zero attached hydrogens (tertiary/aromatic N) is 3. The largest absolute Gasteiger partial charge is 0.298 e. The molecule has 0 aliphatic carbocycles. The number of rotatable bonds is 2. The Morgan fingerprint density at radius 3 is 3.11 bits per heavy atom. The van der Waals surface area contributed by atoms with Gasteiger partial charge in [0.05, 0.1) is 5.69 Å². The van der Waals surface area contributed by atoms with Crippen LogP contribution in [0.4, 0.5) is 0 Å². The zero-order chi connectivity index (χ0) is 12.5. The van der Waals surface area contributed by atoms with Gasteiger partial charge < -0.3 is 0 Å². The lowest BCUT2D eigenvalue weighted by Gasteiger charge is -2.42. The molecule has 18 heavy (non-hydrogen) atoms. The maximum atomic E-state index is 4.54. The van der Waals surface area contributed by atoms with Gasteiger partial charge >= 0.3 is 0 Å². The summed E-state index contributed by atoms with van der Waals surface area (Å²) in [7, 11) is 0. The van der Waals surface area contributed by atoms with Gasteiger partial charge in [-0.1, -0.05) is 6.07 Å². The third-order valence-electron chi connectivity index (χ3n) is 4.54. The molecule has 98 valence electrons. The van der Waals surface area contributed by atoms with Crippen LogP contribution >= 0.6 is 0 Å². The molecule has 0 spiro atoms. The molecule has 2 saturated heterocycles. The van der Waals surface area contributed by atoms with Gasteiger partial charge in [-0.15, -0.1) is 0 Å². The van der Waals surface area contributed by atoms with Gasteiger partial charge in [0, 0.05) is 37.9 Å². The van der Waals surface area contributed by atoms with Crippen LogP contribution in [0.2, 0.25) is 0 Å². The van der Waals surface area contributed by atoms with E-state index in [4.69, 9.17) is 0 Å². The Kier molecular flexibility index (Phi) is 3.35. The van der Waals surface area contributed by atoms with E-state index in [0.29, 0.717) is 6.04 Å². The summed E-state index contributed by atoms with van der Waals surface area (Å²) in [5, 5.41) is 0. The zero-order valence-corrected chi connectivity index (χ0v) is 11.5. The van der Waals surface area contributed by atoms with Gasteiger partial charge in [0.25, 0.3) is 0 Å². The highest BCUT2D eigenvalue weighted by Gasteiger charge is 2.34. The normalized spacial score (nSPS) is 29.4. The second-order valence-electron chi connectivity index (χ2n) is 5.84. The molecule has 0 N–H and O–H groups in total. The average molecular weight is 245 g/mol. The summed E-state index contributed by atoms with van der Waals surface area (Å²) in [6.45, 7) is 9.29. The van der Waals surface area contributed by atoms with Crippen molar-refractivity contribution in [2.75, 3.05) is 19.6 Å². The first kappa shape index (κ1) is 12.1. The monoisotopic (exact) mass is 245 g/mol. The Labute approximate surface area is 110 Å². The van der Waals surface area contributed by atoms with Crippen molar-refractivity contribution in [1.29, 1.82) is 0 Å². The van der Waals surface area contributed by atoms with Gasteiger partial charge in [-0.05, 0) is 44.9 Å². The molecule has 2 unspecified atom stereocenters. The standard InChI is InChI=1S/C15H23N3/c1-12-5-3-7-16-15(12)11-18-10-14-6-4-8-17(14)9-13(18)2/h3,5,7,13-14H,4,6,8-11H2,1-2H3. The molecule has 3 rings (SSSR count). The van der Waals surface area contributed by atoms with Gasteiger partial charge in [-0.25, -0.2) is 0 Å². The molecule has 3 heterocycles. The summed E-state index contributed by atoms with van der Waals surface area (Å²) in [6.07, 6.45) is 4.68. The molecule has 0 aromatic carbocycles. The molecule has 2 atom stereocenters. The number of hydrogen-bond donors (Lipinski definition) is 0. The van der Waals surface area contributed by atoms with E-state index in [0.717, 1.165) is 12.6 Å². The summed E-state index contributed by atoms with van der Waals surface area (Å²) >= 11 is 0. The van der Waals surface area contributed by atoms with Crippen molar-refractivity contribution in [3.63, 3.8) is 0 Å². The average Bonchev–Trinajstić information content (AvgIpc) is 2.79. The Hall–Kier alpha value is -0.930. The van der Waals surface area contributed by atoms with Gasteiger partial charge in [0.15, 0.2) is 0 Å². The fourth-order valence-corrected chi connectivity index (χ4v) is 3.34. The SMILES string of the molecule is Cc1cccnc1CN1CC2CCCN2CC1C. The van der Waals surface area contributed by atoms with Crippen molar-refractivity contribution in [2.24, 2.45) is 0 Å². The molecule has 2 fully saturated rings. The molecule has 1 aromatic rings. The van der Waals surface area contributed by atoms with Crippen molar-refractivity contribution < 1.29 is 0 Å². The second kappa shape index (κ2) is 4.98. The Morgan fingerprint density at radius 1 is 1.39 bits per heavy atom. The maximum absolute atomic E-state index is 4.54. The predicted molar refractivity (Wildman–Crippen MR) is 73.4 cm³/mol. The highest BCUT2D eigenvalue weighted by Crippen LogP contribution is 2.25. The minimum atomic E-state index is 0.653. The summed E-state index contributed by atoms with van der Waals surface area (Å²) in [6, 6.07) is 5.64. The van der Waals surface area contributed by atoms with E-state index >= 15 is 0 Å². The number of piperazine rings is 1. The van der Waals surface area contributed by atoms with E-state index in [1.807, 2.05) is 12.3 Å². The molecule has 0 amide bonds. The van der Waals surface area contributed by atoms with Crippen LogP contribution in [-0.4, -0.2) is 46.5 Å². The molecular formula is C15H23N3.